The number of carboxylic acid groups (broad SMARTS) is 1. The fraction of sp³-hybridized carbons (Fsp3) is 0.200. The number of aromatic carboxylic acids is 1. The summed E-state index contributed by atoms with van der Waals surface area (Å²) in [5, 5.41) is 11.6. The minimum Gasteiger partial charge on any atom is -0.476 e. The summed E-state index contributed by atoms with van der Waals surface area (Å²) in [7, 11) is 5.14. The molecule has 1 aromatic rings. The number of hydrogen-bond donors (Lipinski definition) is 1. The van der Waals surface area contributed by atoms with Crippen LogP contribution in [0.25, 0.3) is 0 Å². The molecule has 0 amide bonds. The quantitative estimate of drug-likeness (QED) is 0.584. The first-order chi connectivity index (χ1) is 4.74. The molecule has 0 aromatic carbocycles. The van der Waals surface area contributed by atoms with Crippen LogP contribution in [0.4, 0.5) is 0 Å². The Morgan fingerprint density at radius 1 is 1.90 bits per heavy atom. The van der Waals surface area contributed by atoms with Gasteiger partial charge in [-0.3, -0.25) is 0 Å². The molecule has 10 heavy (non-hydrogen) atoms. The number of carboxylic acids is 1. The highest BCUT2D eigenvalue weighted by atomic mass is 16.5. The second-order valence-corrected chi connectivity index (χ2v) is 1.69. The summed E-state index contributed by atoms with van der Waals surface area (Å²) in [5.41, 5.74) is -0.111. The molecular weight excluding hydrogens is 133 g/mol. The van der Waals surface area contributed by atoms with Gasteiger partial charge in [0.05, 0.1) is 7.85 Å². The van der Waals surface area contributed by atoms with E-state index in [1.54, 1.807) is 0 Å². The summed E-state index contributed by atoms with van der Waals surface area (Å²) in [5.74, 6) is -0.735. The molecule has 1 heterocycles. The van der Waals surface area contributed by atoms with Gasteiger partial charge in [0.2, 0.25) is 0 Å². The van der Waals surface area contributed by atoms with Gasteiger partial charge in [0, 0.05) is 6.07 Å². The van der Waals surface area contributed by atoms with Crippen LogP contribution in [0, 0.1) is 0 Å². The zero-order chi connectivity index (χ0) is 7.56. The molecule has 50 valence electrons. The third-order valence-corrected chi connectivity index (χ3v) is 0.979. The molecule has 5 heteroatoms. The Balaban J connectivity index is 2.88. The molecule has 0 atom stereocenters. The zero-order valence-corrected chi connectivity index (χ0v) is 5.07. The van der Waals surface area contributed by atoms with Crippen molar-refractivity contribution in [3.63, 3.8) is 0 Å². The molecule has 0 bridgehead atoms. The number of carbonyl (C=O) groups is 1. The maximum Gasteiger partial charge on any atom is 0.358 e. The van der Waals surface area contributed by atoms with Crippen LogP contribution in [0.15, 0.2) is 10.6 Å². The van der Waals surface area contributed by atoms with Crippen LogP contribution in [-0.4, -0.2) is 24.1 Å². The minimum absolute atomic E-state index is 0.111. The lowest BCUT2D eigenvalue weighted by molar-refractivity contribution is 0.0685. The van der Waals surface area contributed by atoms with Crippen molar-refractivity contribution < 1.29 is 14.4 Å². The molecule has 0 aliphatic heterocycles. The molecule has 1 aromatic heterocycles. The van der Waals surface area contributed by atoms with Gasteiger partial charge in [-0.15, -0.1) is 0 Å². The second kappa shape index (κ2) is 2.55. The molecular formula is C5H4BNO3. The van der Waals surface area contributed by atoms with Crippen LogP contribution < -0.4 is 0 Å². The first kappa shape index (κ1) is 6.86. The monoisotopic (exact) mass is 137 g/mol. The van der Waals surface area contributed by atoms with Crippen molar-refractivity contribution in [2.45, 2.75) is 6.32 Å². The Morgan fingerprint density at radius 2 is 2.60 bits per heavy atom. The van der Waals surface area contributed by atoms with E-state index in [0.29, 0.717) is 5.76 Å². The minimum atomic E-state index is -1.11. The average molecular weight is 137 g/mol. The smallest absolute Gasteiger partial charge is 0.358 e. The Morgan fingerprint density at radius 3 is 2.90 bits per heavy atom. The van der Waals surface area contributed by atoms with Crippen molar-refractivity contribution in [2.75, 3.05) is 0 Å². The van der Waals surface area contributed by atoms with Crippen LogP contribution >= 0.6 is 0 Å². The van der Waals surface area contributed by atoms with Gasteiger partial charge in [-0.1, -0.05) is 5.16 Å². The van der Waals surface area contributed by atoms with Gasteiger partial charge in [-0.25, -0.2) is 4.79 Å². The van der Waals surface area contributed by atoms with E-state index in [-0.39, 0.29) is 12.0 Å². The molecule has 2 radical (unpaired) electrons. The molecule has 0 saturated heterocycles. The molecule has 4 nitrogen and oxygen atoms in total. The standard InChI is InChI=1S/C5H4BNO3/c6-2-3-1-4(5(8)9)7-10-3/h1H,2H2,(H,8,9). The SMILES string of the molecule is [B]Cc1cc(C(=O)O)no1. The highest BCUT2D eigenvalue weighted by Gasteiger charge is 2.08. The predicted molar refractivity (Wildman–Crippen MR) is 32.9 cm³/mol. The summed E-state index contributed by atoms with van der Waals surface area (Å²) >= 11 is 0. The summed E-state index contributed by atoms with van der Waals surface area (Å²) in [6, 6.07) is 1.29. The van der Waals surface area contributed by atoms with Gasteiger partial charge < -0.3 is 9.63 Å². The molecule has 0 aliphatic rings. The van der Waals surface area contributed by atoms with Crippen molar-refractivity contribution in [3.05, 3.63) is 17.5 Å². The summed E-state index contributed by atoms with van der Waals surface area (Å²) < 4.78 is 4.52. The van der Waals surface area contributed by atoms with E-state index in [1.807, 2.05) is 0 Å². The largest absolute Gasteiger partial charge is 0.476 e. The van der Waals surface area contributed by atoms with Gasteiger partial charge in [-0.2, -0.15) is 0 Å². The van der Waals surface area contributed by atoms with E-state index in [4.69, 9.17) is 13.0 Å². The van der Waals surface area contributed by atoms with Crippen LogP contribution in [0.5, 0.6) is 0 Å². The molecule has 0 saturated carbocycles. The van der Waals surface area contributed by atoms with Gasteiger partial charge in [-0.05, 0) is 6.32 Å². The van der Waals surface area contributed by atoms with Crippen molar-refractivity contribution in [2.24, 2.45) is 0 Å². The Bertz CT molecular complexity index is 245. The van der Waals surface area contributed by atoms with Crippen molar-refractivity contribution in [1.29, 1.82) is 0 Å². The van der Waals surface area contributed by atoms with Gasteiger partial charge >= 0.3 is 5.97 Å². The van der Waals surface area contributed by atoms with E-state index in [0.717, 1.165) is 0 Å². The number of rotatable bonds is 2. The Labute approximate surface area is 58.2 Å². The fourth-order valence-electron chi connectivity index (χ4n) is 0.510. The van der Waals surface area contributed by atoms with Crippen LogP contribution in [-0.2, 0) is 6.32 Å². The highest BCUT2D eigenvalue weighted by molar-refractivity contribution is 6.08. The first-order valence-electron chi connectivity index (χ1n) is 2.63. The highest BCUT2D eigenvalue weighted by Crippen LogP contribution is 2.01. The lowest BCUT2D eigenvalue weighted by atomic mass is 10.0. The van der Waals surface area contributed by atoms with E-state index >= 15 is 0 Å². The average Bonchev–Trinajstić information content (AvgIpc) is 2.34. The van der Waals surface area contributed by atoms with Gasteiger partial charge in [0.15, 0.2) is 5.69 Å². The maximum atomic E-state index is 10.2. The van der Waals surface area contributed by atoms with Gasteiger partial charge in [0.1, 0.15) is 5.76 Å². The van der Waals surface area contributed by atoms with Crippen molar-refractivity contribution >= 4 is 13.8 Å². The molecule has 1 rings (SSSR count). The molecule has 0 fully saturated rings. The van der Waals surface area contributed by atoms with Crippen LogP contribution in [0.1, 0.15) is 16.2 Å². The van der Waals surface area contributed by atoms with E-state index in [1.165, 1.54) is 6.07 Å². The molecule has 1 N–H and O–H groups in total. The number of aromatic nitrogens is 1. The predicted octanol–water partition coefficient (Wildman–Crippen LogP) is 0.0413. The zero-order valence-electron chi connectivity index (χ0n) is 5.07. The van der Waals surface area contributed by atoms with E-state index in [9.17, 15) is 4.79 Å². The van der Waals surface area contributed by atoms with E-state index in [2.05, 4.69) is 9.68 Å². The molecule has 0 spiro atoms. The lowest BCUT2D eigenvalue weighted by Gasteiger charge is -1.77. The van der Waals surface area contributed by atoms with Crippen molar-refractivity contribution in [3.8, 4) is 0 Å². The number of hydrogen-bond acceptors (Lipinski definition) is 3. The lowest BCUT2D eigenvalue weighted by Crippen LogP contribution is -1.94. The van der Waals surface area contributed by atoms with Crippen LogP contribution in [0.3, 0.4) is 0 Å². The normalized spacial score (nSPS) is 9.60. The summed E-state index contributed by atoms with van der Waals surface area (Å²) in [6.45, 7) is 0. The fourth-order valence-corrected chi connectivity index (χ4v) is 0.510. The van der Waals surface area contributed by atoms with E-state index < -0.39 is 5.97 Å². The number of nitrogens with zero attached hydrogens (tertiary/aromatic N) is 1. The second-order valence-electron chi connectivity index (χ2n) is 1.69. The topological polar surface area (TPSA) is 63.3 Å². The van der Waals surface area contributed by atoms with Gasteiger partial charge in [0.25, 0.3) is 0 Å². The van der Waals surface area contributed by atoms with Crippen LogP contribution in [0.2, 0.25) is 0 Å². The Kier molecular flexibility index (Phi) is 1.75. The molecule has 0 aliphatic carbocycles. The van der Waals surface area contributed by atoms with Crippen molar-refractivity contribution in [1.82, 2.24) is 5.16 Å². The Hall–Kier alpha value is -1.26. The summed E-state index contributed by atoms with van der Waals surface area (Å²) in [6.07, 6.45) is 0.167. The molecule has 0 unspecified atom stereocenters. The maximum absolute atomic E-state index is 10.2. The third kappa shape index (κ3) is 1.18. The third-order valence-electron chi connectivity index (χ3n) is 0.979. The summed E-state index contributed by atoms with van der Waals surface area (Å²) in [4.78, 5) is 10.2. The first-order valence-corrected chi connectivity index (χ1v) is 2.63.